The highest BCUT2D eigenvalue weighted by Crippen LogP contribution is 2.20. The van der Waals surface area contributed by atoms with Crippen molar-refractivity contribution < 1.29 is 14.3 Å². The van der Waals surface area contributed by atoms with E-state index in [2.05, 4.69) is 21.2 Å². The normalized spacial score (nSPS) is 12.0. The van der Waals surface area contributed by atoms with Crippen molar-refractivity contribution in [2.45, 2.75) is 58.2 Å². The van der Waals surface area contributed by atoms with Crippen LogP contribution in [-0.2, 0) is 22.6 Å². The Bertz CT molecular complexity index is 1160. The lowest BCUT2D eigenvalue weighted by Crippen LogP contribution is -2.54. The minimum Gasteiger partial charge on any atom is -0.494 e. The predicted molar refractivity (Wildman–Crippen MR) is 153 cm³/mol. The van der Waals surface area contributed by atoms with Gasteiger partial charge in [-0.15, -0.1) is 0 Å². The number of ether oxygens (including phenoxy) is 1. The molecule has 0 radical (unpaired) electrons. The summed E-state index contributed by atoms with van der Waals surface area (Å²) in [6.07, 6.45) is 1.20. The van der Waals surface area contributed by atoms with Crippen molar-refractivity contribution >= 4 is 39.3 Å². The Kier molecular flexibility index (Phi) is 10.6. The first kappa shape index (κ1) is 28.7. The highest BCUT2D eigenvalue weighted by atomic mass is 79.9. The molecule has 1 N–H and O–H groups in total. The quantitative estimate of drug-likeness (QED) is 0.251. The van der Waals surface area contributed by atoms with E-state index in [0.29, 0.717) is 36.8 Å². The molecule has 0 spiro atoms. The topological polar surface area (TPSA) is 58.6 Å². The number of nitrogens with one attached hydrogen (secondary N) is 1. The fourth-order valence-electron chi connectivity index (χ4n) is 3.93. The van der Waals surface area contributed by atoms with Crippen molar-refractivity contribution in [2.24, 2.45) is 0 Å². The summed E-state index contributed by atoms with van der Waals surface area (Å²) < 4.78 is 6.70. The van der Waals surface area contributed by atoms with Crippen LogP contribution in [-0.4, -0.2) is 34.9 Å². The summed E-state index contributed by atoms with van der Waals surface area (Å²) in [6.45, 7) is 6.54. The van der Waals surface area contributed by atoms with Crippen LogP contribution < -0.4 is 10.1 Å². The molecule has 5 nitrogen and oxygen atoms in total. The second-order valence-electron chi connectivity index (χ2n) is 10.0. The summed E-state index contributed by atoms with van der Waals surface area (Å²) in [4.78, 5) is 28.9. The molecular weight excluding hydrogens is 552 g/mol. The van der Waals surface area contributed by atoms with E-state index < -0.39 is 11.6 Å². The fraction of sp³-hybridized carbons (Fsp3) is 0.333. The van der Waals surface area contributed by atoms with Gasteiger partial charge in [-0.1, -0.05) is 70.0 Å². The average Bonchev–Trinajstić information content (AvgIpc) is 2.84. The van der Waals surface area contributed by atoms with Crippen LogP contribution >= 0.6 is 27.5 Å². The monoisotopic (exact) mass is 584 g/mol. The van der Waals surface area contributed by atoms with Crippen molar-refractivity contribution in [1.29, 1.82) is 0 Å². The second-order valence-corrected chi connectivity index (χ2v) is 11.4. The number of amides is 2. The minimum atomic E-state index is -0.662. The van der Waals surface area contributed by atoms with Crippen LogP contribution in [0.25, 0.3) is 0 Å². The van der Waals surface area contributed by atoms with Crippen molar-refractivity contribution in [3.8, 4) is 5.75 Å². The third kappa shape index (κ3) is 9.86. The van der Waals surface area contributed by atoms with E-state index in [0.717, 1.165) is 15.6 Å². The second kappa shape index (κ2) is 13.6. The van der Waals surface area contributed by atoms with E-state index >= 15 is 0 Å². The molecule has 196 valence electrons. The molecule has 0 aliphatic rings. The van der Waals surface area contributed by atoms with Crippen LogP contribution in [0.4, 0.5) is 0 Å². The third-order valence-electron chi connectivity index (χ3n) is 5.63. The van der Waals surface area contributed by atoms with Crippen molar-refractivity contribution in [2.75, 3.05) is 6.61 Å². The van der Waals surface area contributed by atoms with Gasteiger partial charge in [-0.05, 0) is 74.7 Å². The van der Waals surface area contributed by atoms with Gasteiger partial charge in [-0.25, -0.2) is 0 Å². The van der Waals surface area contributed by atoms with Crippen LogP contribution in [0, 0.1) is 0 Å². The summed E-state index contributed by atoms with van der Waals surface area (Å²) in [5.41, 5.74) is 1.51. The number of rotatable bonds is 11. The molecule has 0 unspecified atom stereocenters. The first-order chi connectivity index (χ1) is 17.6. The van der Waals surface area contributed by atoms with Crippen LogP contribution in [0.5, 0.6) is 5.75 Å². The molecule has 0 saturated heterocycles. The van der Waals surface area contributed by atoms with Gasteiger partial charge in [0.25, 0.3) is 0 Å². The highest BCUT2D eigenvalue weighted by Gasteiger charge is 2.32. The highest BCUT2D eigenvalue weighted by molar-refractivity contribution is 9.10. The largest absolute Gasteiger partial charge is 0.494 e. The molecule has 3 aromatic rings. The van der Waals surface area contributed by atoms with Crippen LogP contribution in [0.1, 0.15) is 44.7 Å². The van der Waals surface area contributed by atoms with E-state index in [1.54, 1.807) is 29.2 Å². The minimum absolute atomic E-state index is 0.0929. The summed E-state index contributed by atoms with van der Waals surface area (Å²) >= 11 is 9.46. The zero-order chi connectivity index (χ0) is 26.8. The van der Waals surface area contributed by atoms with E-state index in [9.17, 15) is 9.59 Å². The number of benzene rings is 3. The van der Waals surface area contributed by atoms with Gasteiger partial charge < -0.3 is 15.0 Å². The van der Waals surface area contributed by atoms with Gasteiger partial charge in [0.15, 0.2) is 0 Å². The van der Waals surface area contributed by atoms with E-state index in [-0.39, 0.29) is 18.2 Å². The fourth-order valence-corrected chi connectivity index (χ4v) is 4.50. The third-order valence-corrected chi connectivity index (χ3v) is 6.37. The molecule has 0 fully saturated rings. The number of hydrogen-bond acceptors (Lipinski definition) is 3. The predicted octanol–water partition coefficient (Wildman–Crippen LogP) is 6.82. The van der Waals surface area contributed by atoms with Crippen molar-refractivity contribution in [3.05, 3.63) is 99.5 Å². The molecule has 0 saturated carbocycles. The van der Waals surface area contributed by atoms with Gasteiger partial charge in [-0.3, -0.25) is 9.59 Å². The molecular formula is C30H34BrClN2O3. The Morgan fingerprint density at radius 2 is 1.65 bits per heavy atom. The lowest BCUT2D eigenvalue weighted by molar-refractivity contribution is -0.142. The SMILES string of the molecule is CC(C)(C)NC(=O)[C@@H](Cc1ccccc1)N(Cc1cccc(Br)c1)C(=O)CCCOc1ccc(Cl)cc1. The smallest absolute Gasteiger partial charge is 0.243 e. The standard InChI is InChI=1S/C30H34BrClN2O3/c1-30(2,3)33-29(36)27(20-22-9-5-4-6-10-22)34(21-23-11-7-12-24(31)19-23)28(35)13-8-18-37-26-16-14-25(32)15-17-26/h4-7,9-12,14-17,19,27H,8,13,18,20-21H2,1-3H3,(H,33,36)/t27-/m1/s1. The van der Waals surface area contributed by atoms with Gasteiger partial charge in [0.05, 0.1) is 6.61 Å². The van der Waals surface area contributed by atoms with Crippen LogP contribution in [0.2, 0.25) is 5.02 Å². The van der Waals surface area contributed by atoms with Gasteiger partial charge in [0.2, 0.25) is 11.8 Å². The van der Waals surface area contributed by atoms with E-state index in [1.165, 1.54) is 0 Å². The van der Waals surface area contributed by atoms with Gasteiger partial charge in [-0.2, -0.15) is 0 Å². The Morgan fingerprint density at radius 3 is 2.30 bits per heavy atom. The summed E-state index contributed by atoms with van der Waals surface area (Å²) in [7, 11) is 0. The number of carbonyl (C=O) groups excluding carboxylic acids is 2. The molecule has 1 atom stereocenters. The summed E-state index contributed by atoms with van der Waals surface area (Å²) in [5, 5.41) is 3.73. The van der Waals surface area contributed by atoms with E-state index in [1.807, 2.05) is 75.4 Å². The first-order valence-electron chi connectivity index (χ1n) is 12.4. The van der Waals surface area contributed by atoms with Gasteiger partial charge in [0.1, 0.15) is 11.8 Å². The summed E-state index contributed by atoms with van der Waals surface area (Å²) in [5.74, 6) is 0.441. The van der Waals surface area contributed by atoms with Crippen LogP contribution in [0.15, 0.2) is 83.3 Å². The Morgan fingerprint density at radius 1 is 0.973 bits per heavy atom. The number of halogens is 2. The average molecular weight is 586 g/mol. The molecule has 3 rings (SSSR count). The molecule has 2 amide bonds. The van der Waals surface area contributed by atoms with Crippen molar-refractivity contribution in [3.63, 3.8) is 0 Å². The maximum Gasteiger partial charge on any atom is 0.243 e. The first-order valence-corrected chi connectivity index (χ1v) is 13.6. The number of hydrogen-bond donors (Lipinski definition) is 1. The molecule has 0 aliphatic heterocycles. The zero-order valence-electron chi connectivity index (χ0n) is 21.5. The Balaban J connectivity index is 1.81. The van der Waals surface area contributed by atoms with Gasteiger partial charge in [0, 0.05) is 34.4 Å². The molecule has 3 aromatic carbocycles. The Hall–Kier alpha value is -2.83. The molecule has 0 heterocycles. The Labute approximate surface area is 233 Å². The molecule has 0 aromatic heterocycles. The lowest BCUT2D eigenvalue weighted by Gasteiger charge is -2.34. The summed E-state index contributed by atoms with van der Waals surface area (Å²) in [6, 6.07) is 24.1. The maximum atomic E-state index is 13.7. The zero-order valence-corrected chi connectivity index (χ0v) is 23.9. The van der Waals surface area contributed by atoms with Gasteiger partial charge >= 0.3 is 0 Å². The lowest BCUT2D eigenvalue weighted by atomic mass is 10.00. The molecule has 0 aliphatic carbocycles. The molecule has 37 heavy (non-hydrogen) atoms. The van der Waals surface area contributed by atoms with Crippen LogP contribution in [0.3, 0.4) is 0 Å². The molecule has 7 heteroatoms. The number of nitrogens with zero attached hydrogens (tertiary/aromatic N) is 1. The van der Waals surface area contributed by atoms with Crippen molar-refractivity contribution in [1.82, 2.24) is 10.2 Å². The van der Waals surface area contributed by atoms with E-state index in [4.69, 9.17) is 16.3 Å². The maximum absolute atomic E-state index is 13.7. The number of carbonyl (C=O) groups is 2. The molecule has 0 bridgehead atoms.